The Bertz CT molecular complexity index is 1140. The lowest BCUT2D eigenvalue weighted by Gasteiger charge is -2.30. The van der Waals surface area contributed by atoms with Crippen molar-refractivity contribution in [3.05, 3.63) is 36.5 Å². The molecule has 0 aliphatic heterocycles. The molecular weight excluding hydrogens is 809 g/mol. The largest absolute Gasteiger partial charge is 0.466 e. The van der Waals surface area contributed by atoms with Crippen molar-refractivity contribution in [2.75, 3.05) is 46.2 Å². The van der Waals surface area contributed by atoms with Gasteiger partial charge in [0.15, 0.2) is 0 Å². The van der Waals surface area contributed by atoms with Crippen molar-refractivity contribution in [3.63, 3.8) is 0 Å². The third-order valence-electron chi connectivity index (χ3n) is 10.0. The zero-order chi connectivity index (χ0) is 46.5. The van der Waals surface area contributed by atoms with Gasteiger partial charge >= 0.3 is 35.8 Å². The molecule has 63 heavy (non-hydrogen) atoms. The molecule has 0 aliphatic carbocycles. The molecule has 0 saturated carbocycles. The van der Waals surface area contributed by atoms with Crippen LogP contribution < -0.4 is 0 Å². The van der Waals surface area contributed by atoms with Crippen LogP contribution in [-0.4, -0.2) is 87.2 Å². The number of esters is 6. The molecule has 0 unspecified atom stereocenters. The molecule has 0 rings (SSSR count). The minimum Gasteiger partial charge on any atom is -0.466 e. The Balaban J connectivity index is 4.81. The number of unbranched alkanes of at least 4 members (excludes halogenated alkanes) is 12. The topological polar surface area (TPSA) is 178 Å². The molecule has 0 aromatic heterocycles. The minimum absolute atomic E-state index is 0.0792. The summed E-state index contributed by atoms with van der Waals surface area (Å²) >= 11 is 0. The van der Waals surface area contributed by atoms with Crippen LogP contribution in [0.4, 0.5) is 0 Å². The van der Waals surface area contributed by atoms with Crippen LogP contribution in [0.1, 0.15) is 194 Å². The van der Waals surface area contributed by atoms with E-state index in [9.17, 15) is 33.9 Å². The van der Waals surface area contributed by atoms with Crippen molar-refractivity contribution in [3.8, 4) is 0 Å². The van der Waals surface area contributed by atoms with Crippen molar-refractivity contribution in [1.82, 2.24) is 0 Å². The predicted octanol–water partition coefficient (Wildman–Crippen LogP) is 10.5. The molecule has 13 heteroatoms. The van der Waals surface area contributed by atoms with Crippen LogP contribution in [0.15, 0.2) is 36.5 Å². The van der Waals surface area contributed by atoms with Crippen molar-refractivity contribution >= 4 is 35.8 Å². The van der Waals surface area contributed by atoms with Gasteiger partial charge in [-0.15, -0.1) is 0 Å². The summed E-state index contributed by atoms with van der Waals surface area (Å²) in [5, 5.41) is 10.5. The van der Waals surface area contributed by atoms with E-state index >= 15 is 0 Å². The molecule has 0 bridgehead atoms. The number of rotatable bonds is 43. The number of allylic oxidation sites excluding steroid dienone is 6. The molecule has 0 aliphatic rings. The Morgan fingerprint density at radius 2 is 0.603 bits per heavy atom. The number of ether oxygens (including phenoxy) is 6. The van der Waals surface area contributed by atoms with Crippen molar-refractivity contribution in [1.29, 1.82) is 0 Å². The van der Waals surface area contributed by atoms with Crippen LogP contribution in [0.2, 0.25) is 0 Å². The molecule has 1 N–H and O–H groups in total. The highest BCUT2D eigenvalue weighted by molar-refractivity contribution is 5.71. The van der Waals surface area contributed by atoms with Crippen LogP contribution in [0, 0.1) is 5.41 Å². The van der Waals surface area contributed by atoms with Gasteiger partial charge in [-0.1, -0.05) is 76.5 Å². The van der Waals surface area contributed by atoms with E-state index in [0.29, 0.717) is 77.6 Å². The van der Waals surface area contributed by atoms with Crippen LogP contribution >= 0.6 is 0 Å². The Labute approximate surface area is 379 Å². The molecule has 0 saturated heterocycles. The Hall–Kier alpha value is -4.00. The van der Waals surface area contributed by atoms with Gasteiger partial charge in [-0.25, -0.2) is 0 Å². The van der Waals surface area contributed by atoms with Gasteiger partial charge in [-0.2, -0.15) is 0 Å². The fourth-order valence-electron chi connectivity index (χ4n) is 6.05. The smallest absolute Gasteiger partial charge is 0.305 e. The molecule has 0 aromatic rings. The molecule has 362 valence electrons. The predicted molar refractivity (Wildman–Crippen MR) is 244 cm³/mol. The second-order valence-electron chi connectivity index (χ2n) is 16.1. The van der Waals surface area contributed by atoms with Gasteiger partial charge in [0.1, 0.15) is 19.8 Å². The fraction of sp³-hybridized carbons (Fsp3) is 0.760. The first kappa shape index (κ1) is 59.0. The van der Waals surface area contributed by atoms with Gasteiger partial charge < -0.3 is 33.5 Å². The number of aliphatic hydroxyl groups excluding tert-OH is 1. The molecule has 13 nitrogen and oxygen atoms in total. The molecule has 0 spiro atoms. The lowest BCUT2D eigenvalue weighted by atomic mass is 9.92. The number of hydrogen-bond donors (Lipinski definition) is 1. The second-order valence-corrected chi connectivity index (χ2v) is 16.1. The van der Waals surface area contributed by atoms with E-state index in [1.165, 1.54) is 0 Å². The Morgan fingerprint density at radius 3 is 0.841 bits per heavy atom. The highest BCUT2D eigenvalue weighted by Crippen LogP contribution is 2.22. The number of hydrogen-bond acceptors (Lipinski definition) is 13. The van der Waals surface area contributed by atoms with E-state index in [0.717, 1.165) is 77.0 Å². The third kappa shape index (κ3) is 39.3. The number of carbonyl (C=O) groups excluding carboxylic acids is 6. The van der Waals surface area contributed by atoms with Gasteiger partial charge in [-0.05, 0) is 116 Å². The van der Waals surface area contributed by atoms with Gasteiger partial charge in [0.05, 0.1) is 31.8 Å². The molecule has 0 radical (unpaired) electrons. The van der Waals surface area contributed by atoms with Crippen molar-refractivity contribution < 1.29 is 62.3 Å². The van der Waals surface area contributed by atoms with Crippen LogP contribution in [-0.2, 0) is 57.2 Å². The summed E-state index contributed by atoms with van der Waals surface area (Å²) in [6.45, 7) is 5.82. The van der Waals surface area contributed by atoms with Gasteiger partial charge in [0, 0.05) is 38.5 Å². The van der Waals surface area contributed by atoms with Crippen LogP contribution in [0.5, 0.6) is 0 Å². The zero-order valence-corrected chi connectivity index (χ0v) is 39.4. The first-order valence-electron chi connectivity index (χ1n) is 24.1. The zero-order valence-electron chi connectivity index (χ0n) is 39.4. The summed E-state index contributed by atoms with van der Waals surface area (Å²) < 4.78 is 32.4. The first-order chi connectivity index (χ1) is 30.6. The lowest BCUT2D eigenvalue weighted by Crippen LogP contribution is -2.42. The summed E-state index contributed by atoms with van der Waals surface area (Å²) in [5.74, 6) is -2.37. The highest BCUT2D eigenvalue weighted by Gasteiger charge is 2.35. The summed E-state index contributed by atoms with van der Waals surface area (Å²) in [5.41, 5.74) is -1.39. The van der Waals surface area contributed by atoms with Crippen molar-refractivity contribution in [2.24, 2.45) is 5.41 Å². The van der Waals surface area contributed by atoms with Gasteiger partial charge in [0.25, 0.3) is 0 Å². The van der Waals surface area contributed by atoms with E-state index in [1.807, 2.05) is 0 Å². The quantitative estimate of drug-likeness (QED) is 0.0265. The van der Waals surface area contributed by atoms with E-state index in [4.69, 9.17) is 28.4 Å². The van der Waals surface area contributed by atoms with Gasteiger partial charge in [0.2, 0.25) is 0 Å². The molecular formula is C50H84O13. The summed E-state index contributed by atoms with van der Waals surface area (Å²) in [6.07, 6.45) is 30.1. The molecule has 0 amide bonds. The standard InChI is InChI=1S/C50H84O13/c1-4-7-10-13-16-28-37-58-44(52)31-22-19-25-34-47(55)61-41-50(40-51,42-62-48(56)35-26-20-23-32-45(53)59-38-29-17-14-11-8-5-2)43-63-49(57)36-27-21-24-33-46(54)60-39-30-18-15-12-9-6-3/h7-12,51H,4-6,13-43H2,1-3H3/b10-7-,11-8-,12-9-. The summed E-state index contributed by atoms with van der Waals surface area (Å²) in [6, 6.07) is 0. The average molecular weight is 893 g/mol. The number of carbonyl (C=O) groups is 6. The summed E-state index contributed by atoms with van der Waals surface area (Å²) in [4.78, 5) is 74.3. The second kappa shape index (κ2) is 43.3. The Morgan fingerprint density at radius 1 is 0.349 bits per heavy atom. The van der Waals surface area contributed by atoms with Crippen LogP contribution in [0.25, 0.3) is 0 Å². The minimum atomic E-state index is -1.39. The average Bonchev–Trinajstić information content (AvgIpc) is 3.27. The maximum atomic E-state index is 12.7. The van der Waals surface area contributed by atoms with E-state index in [2.05, 4.69) is 57.2 Å². The first-order valence-corrected chi connectivity index (χ1v) is 24.1. The maximum Gasteiger partial charge on any atom is 0.305 e. The third-order valence-corrected chi connectivity index (χ3v) is 10.0. The van der Waals surface area contributed by atoms with E-state index in [-0.39, 0.29) is 76.3 Å². The lowest BCUT2D eigenvalue weighted by molar-refractivity contribution is -0.165. The SMILES string of the molecule is CC/C=C\CCCCOC(=O)CCCCCC(=O)OCC(CO)(COC(=O)CCCCCC(=O)OCCCC/C=C\CC)COC(=O)CCCCCC(=O)OCCCC/C=C\CC. The molecule has 0 aromatic carbocycles. The fourth-order valence-corrected chi connectivity index (χ4v) is 6.05. The van der Waals surface area contributed by atoms with E-state index in [1.54, 1.807) is 0 Å². The molecule has 0 heterocycles. The molecule has 0 fully saturated rings. The van der Waals surface area contributed by atoms with E-state index < -0.39 is 29.9 Å². The Kier molecular flexibility index (Phi) is 40.5. The van der Waals surface area contributed by atoms with Gasteiger partial charge in [-0.3, -0.25) is 28.8 Å². The maximum absolute atomic E-state index is 12.7. The highest BCUT2D eigenvalue weighted by atomic mass is 16.6. The van der Waals surface area contributed by atoms with Crippen LogP contribution in [0.3, 0.4) is 0 Å². The molecule has 0 atom stereocenters. The summed E-state index contributed by atoms with van der Waals surface area (Å²) in [7, 11) is 0. The van der Waals surface area contributed by atoms with Crippen molar-refractivity contribution in [2.45, 2.75) is 194 Å². The monoisotopic (exact) mass is 893 g/mol. The number of aliphatic hydroxyl groups is 1. The normalized spacial score (nSPS) is 11.6.